The molecule has 2 aliphatic rings. The van der Waals surface area contributed by atoms with Gasteiger partial charge >= 0.3 is 6.09 Å². The van der Waals surface area contributed by atoms with Crippen molar-refractivity contribution in [2.24, 2.45) is 5.92 Å². The van der Waals surface area contributed by atoms with E-state index in [-0.39, 0.29) is 6.09 Å². The average molecular weight is 327 g/mol. The van der Waals surface area contributed by atoms with Crippen LogP contribution in [-0.2, 0) is 4.74 Å². The number of benzene rings is 1. The highest BCUT2D eigenvalue weighted by Gasteiger charge is 2.26. The number of rotatable bonds is 3. The highest BCUT2D eigenvalue weighted by molar-refractivity contribution is 5.68. The van der Waals surface area contributed by atoms with Crippen LogP contribution in [0.3, 0.4) is 0 Å². The number of hydrogen-bond donors (Lipinski definition) is 0. The van der Waals surface area contributed by atoms with Gasteiger partial charge in [-0.1, -0.05) is 36.4 Å². The number of amides is 1. The van der Waals surface area contributed by atoms with Gasteiger partial charge in [-0.05, 0) is 69.4 Å². The van der Waals surface area contributed by atoms with E-state index in [2.05, 4.69) is 36.4 Å². The van der Waals surface area contributed by atoms with Gasteiger partial charge in [0.2, 0.25) is 0 Å². The van der Waals surface area contributed by atoms with Crippen LogP contribution in [0.25, 0.3) is 6.08 Å². The molecule has 24 heavy (non-hydrogen) atoms. The summed E-state index contributed by atoms with van der Waals surface area (Å²) in [6, 6.07) is 8.98. The zero-order valence-corrected chi connectivity index (χ0v) is 15.1. The lowest BCUT2D eigenvalue weighted by Crippen LogP contribution is -2.41. The molecule has 1 saturated carbocycles. The summed E-state index contributed by atoms with van der Waals surface area (Å²) in [6.07, 6.45) is 9.08. The summed E-state index contributed by atoms with van der Waals surface area (Å²) < 4.78 is 5.45. The molecule has 1 heterocycles. The molecule has 3 rings (SSSR count). The molecule has 0 atom stereocenters. The number of allylic oxidation sites excluding steroid dienone is 1. The summed E-state index contributed by atoms with van der Waals surface area (Å²) in [6.45, 7) is 7.30. The Kier molecular flexibility index (Phi) is 4.98. The second-order valence-electron chi connectivity index (χ2n) is 8.10. The van der Waals surface area contributed by atoms with E-state index in [4.69, 9.17) is 4.74 Å². The van der Waals surface area contributed by atoms with Gasteiger partial charge in [0.1, 0.15) is 5.60 Å². The van der Waals surface area contributed by atoms with Crippen LogP contribution in [0.4, 0.5) is 4.79 Å². The molecule has 2 fully saturated rings. The Labute approximate surface area is 145 Å². The van der Waals surface area contributed by atoms with Crippen LogP contribution in [0.15, 0.2) is 30.3 Å². The maximum atomic E-state index is 12.1. The minimum Gasteiger partial charge on any atom is -0.444 e. The van der Waals surface area contributed by atoms with Gasteiger partial charge in [-0.25, -0.2) is 4.79 Å². The van der Waals surface area contributed by atoms with Crippen LogP contribution in [0.2, 0.25) is 0 Å². The van der Waals surface area contributed by atoms with E-state index >= 15 is 0 Å². The molecule has 1 aliphatic carbocycles. The predicted molar refractivity (Wildman–Crippen MR) is 98.0 cm³/mol. The summed E-state index contributed by atoms with van der Waals surface area (Å²) in [5.41, 5.74) is 2.34. The summed E-state index contributed by atoms with van der Waals surface area (Å²) >= 11 is 0. The zero-order chi connectivity index (χ0) is 17.2. The van der Waals surface area contributed by atoms with Gasteiger partial charge < -0.3 is 9.64 Å². The third-order valence-electron chi connectivity index (χ3n) is 4.74. The molecule has 1 aliphatic heterocycles. The minimum absolute atomic E-state index is 0.180. The molecule has 0 bridgehead atoms. The largest absolute Gasteiger partial charge is 0.444 e. The quantitative estimate of drug-likeness (QED) is 0.761. The number of ether oxygens (including phenoxy) is 1. The van der Waals surface area contributed by atoms with Crippen LogP contribution in [-0.4, -0.2) is 29.7 Å². The van der Waals surface area contributed by atoms with E-state index < -0.39 is 5.60 Å². The van der Waals surface area contributed by atoms with E-state index in [9.17, 15) is 4.79 Å². The van der Waals surface area contributed by atoms with Gasteiger partial charge in [0.05, 0.1) is 0 Å². The highest BCUT2D eigenvalue weighted by atomic mass is 16.6. The van der Waals surface area contributed by atoms with Crippen LogP contribution in [0, 0.1) is 5.92 Å². The van der Waals surface area contributed by atoms with Crippen molar-refractivity contribution < 1.29 is 9.53 Å². The van der Waals surface area contributed by atoms with Gasteiger partial charge in [0, 0.05) is 13.1 Å². The van der Waals surface area contributed by atoms with Crippen LogP contribution < -0.4 is 0 Å². The Morgan fingerprint density at radius 1 is 1.08 bits per heavy atom. The maximum absolute atomic E-state index is 12.1. The van der Waals surface area contributed by atoms with Crippen LogP contribution >= 0.6 is 0 Å². The van der Waals surface area contributed by atoms with Crippen molar-refractivity contribution in [2.45, 2.75) is 58.0 Å². The molecule has 1 amide bonds. The van der Waals surface area contributed by atoms with Crippen molar-refractivity contribution in [3.63, 3.8) is 0 Å². The maximum Gasteiger partial charge on any atom is 0.410 e. The van der Waals surface area contributed by atoms with E-state index in [1.165, 1.54) is 24.0 Å². The molecule has 3 heteroatoms. The summed E-state index contributed by atoms with van der Waals surface area (Å²) in [5.74, 6) is 1.37. The van der Waals surface area contributed by atoms with Gasteiger partial charge in [0.25, 0.3) is 0 Å². The third-order valence-corrected chi connectivity index (χ3v) is 4.74. The Morgan fingerprint density at radius 2 is 1.71 bits per heavy atom. The Balaban J connectivity index is 1.47. The second kappa shape index (κ2) is 7.00. The molecule has 0 aromatic heterocycles. The monoisotopic (exact) mass is 327 g/mol. The first-order valence-corrected chi connectivity index (χ1v) is 9.17. The topological polar surface area (TPSA) is 29.5 Å². The molecular formula is C21H29NO2. The van der Waals surface area contributed by atoms with E-state index in [1.807, 2.05) is 25.7 Å². The smallest absolute Gasteiger partial charge is 0.410 e. The lowest BCUT2D eigenvalue weighted by Gasteiger charge is -2.32. The zero-order valence-electron chi connectivity index (χ0n) is 15.1. The van der Waals surface area contributed by atoms with Gasteiger partial charge in [-0.3, -0.25) is 0 Å². The second-order valence-corrected chi connectivity index (χ2v) is 8.10. The first kappa shape index (κ1) is 17.1. The fraction of sp³-hybridized carbons (Fsp3) is 0.571. The Morgan fingerprint density at radius 3 is 2.25 bits per heavy atom. The number of carbonyl (C=O) groups excluding carboxylic acids is 1. The molecule has 0 N–H and O–H groups in total. The molecule has 1 saturated heterocycles. The van der Waals surface area contributed by atoms with Crippen molar-refractivity contribution in [1.82, 2.24) is 4.90 Å². The predicted octanol–water partition coefficient (Wildman–Crippen LogP) is 5.22. The number of carbonyl (C=O) groups is 1. The van der Waals surface area contributed by atoms with Gasteiger partial charge in [-0.2, -0.15) is 0 Å². The van der Waals surface area contributed by atoms with Crippen molar-refractivity contribution in [2.75, 3.05) is 13.1 Å². The SMILES string of the molecule is CC(C)(C)OC(=O)N1CCC(/C=C\c2ccc(C3CC3)cc2)CC1. The van der Waals surface area contributed by atoms with E-state index in [1.54, 1.807) is 0 Å². The molecule has 0 spiro atoms. The first-order chi connectivity index (χ1) is 11.4. The molecule has 0 unspecified atom stereocenters. The lowest BCUT2D eigenvalue weighted by molar-refractivity contribution is 0.0197. The van der Waals surface area contributed by atoms with E-state index in [0.717, 1.165) is 31.8 Å². The molecule has 1 aromatic carbocycles. The number of piperidine rings is 1. The van der Waals surface area contributed by atoms with E-state index in [0.29, 0.717) is 5.92 Å². The normalized spacial score (nSPS) is 19.7. The van der Waals surface area contributed by atoms with Crippen molar-refractivity contribution in [3.05, 3.63) is 41.5 Å². The molecule has 0 radical (unpaired) electrons. The van der Waals surface area contributed by atoms with Gasteiger partial charge in [0.15, 0.2) is 0 Å². The average Bonchev–Trinajstić information content (AvgIpc) is 3.37. The summed E-state index contributed by atoms with van der Waals surface area (Å²) in [7, 11) is 0. The molecule has 3 nitrogen and oxygen atoms in total. The molecule has 130 valence electrons. The fourth-order valence-electron chi connectivity index (χ4n) is 3.14. The summed E-state index contributed by atoms with van der Waals surface area (Å²) in [4.78, 5) is 13.9. The number of likely N-dealkylation sites (tertiary alicyclic amines) is 1. The van der Waals surface area contributed by atoms with Crippen LogP contribution in [0.1, 0.15) is 63.5 Å². The van der Waals surface area contributed by atoms with Crippen molar-refractivity contribution >= 4 is 12.2 Å². The lowest BCUT2D eigenvalue weighted by atomic mass is 9.95. The Hall–Kier alpha value is -1.77. The molecule has 1 aromatic rings. The number of nitrogens with zero attached hydrogens (tertiary/aromatic N) is 1. The van der Waals surface area contributed by atoms with Crippen LogP contribution in [0.5, 0.6) is 0 Å². The minimum atomic E-state index is -0.416. The third kappa shape index (κ3) is 4.86. The Bertz CT molecular complexity index is 585. The van der Waals surface area contributed by atoms with Crippen molar-refractivity contribution in [1.29, 1.82) is 0 Å². The molecular weight excluding hydrogens is 298 g/mol. The first-order valence-electron chi connectivity index (χ1n) is 9.17. The fourth-order valence-corrected chi connectivity index (χ4v) is 3.14. The van der Waals surface area contributed by atoms with Crippen molar-refractivity contribution in [3.8, 4) is 0 Å². The highest BCUT2D eigenvalue weighted by Crippen LogP contribution is 2.39. The number of hydrogen-bond acceptors (Lipinski definition) is 2. The summed E-state index contributed by atoms with van der Waals surface area (Å²) in [5, 5.41) is 0. The van der Waals surface area contributed by atoms with Gasteiger partial charge in [-0.15, -0.1) is 0 Å². The standard InChI is InChI=1S/C21H29NO2/c1-21(2,3)24-20(23)22-14-12-17(13-15-22)5-4-16-6-8-18(9-7-16)19-10-11-19/h4-9,17,19H,10-15H2,1-3H3/b5-4-.